The quantitative estimate of drug-likeness (QED) is 0.237. The first kappa shape index (κ1) is 42.2. The van der Waals surface area contributed by atoms with Crippen molar-refractivity contribution in [3.05, 3.63) is 24.3 Å². The Morgan fingerprint density at radius 3 is 2.40 bits per heavy atom. The number of alkyl carbamates (subject to hydrolysis) is 1. The molecule has 4 heterocycles. The van der Waals surface area contributed by atoms with Crippen LogP contribution in [0, 0.1) is 29.6 Å². The average molecular weight is 747 g/mol. The largest absolute Gasteiger partial charge is 0.455 e. The number of fused-ring (bicyclic) bond motifs is 1. The second kappa shape index (κ2) is 16.9. The Bertz CT molecular complexity index is 1550. The Labute approximate surface area is 311 Å². The number of nitrogens with one attached hydrogen (secondary N) is 1. The molecule has 0 unspecified atom stereocenters. The number of alkyl halides is 1. The lowest BCUT2D eigenvalue weighted by Gasteiger charge is -2.47. The highest BCUT2D eigenvalue weighted by Crippen LogP contribution is 2.41. The van der Waals surface area contributed by atoms with Gasteiger partial charge in [-0.2, -0.15) is 0 Å². The normalized spacial score (nSPS) is 39.9. The van der Waals surface area contributed by atoms with Crippen molar-refractivity contribution in [1.29, 1.82) is 0 Å². The van der Waals surface area contributed by atoms with Gasteiger partial charge in [-0.05, 0) is 61.1 Å². The minimum atomic E-state index is -3.20. The van der Waals surface area contributed by atoms with Crippen molar-refractivity contribution in [1.82, 2.24) is 20.2 Å². The van der Waals surface area contributed by atoms with Crippen LogP contribution in [0.4, 0.5) is 9.18 Å². The Morgan fingerprint density at radius 1 is 1.08 bits per heavy atom. The van der Waals surface area contributed by atoms with E-state index in [1.54, 1.807) is 46.3 Å². The minimum Gasteiger partial charge on any atom is -0.455 e. The van der Waals surface area contributed by atoms with Gasteiger partial charge in [0, 0.05) is 42.4 Å². The van der Waals surface area contributed by atoms with Gasteiger partial charge in [0.25, 0.3) is 5.67 Å². The van der Waals surface area contributed by atoms with Crippen LogP contribution in [0.25, 0.3) is 0 Å². The number of aliphatic hydroxyl groups excluding tert-OH is 1. The van der Waals surface area contributed by atoms with Gasteiger partial charge in [-0.3, -0.25) is 19.6 Å². The Kier molecular flexibility index (Phi) is 13.4. The summed E-state index contributed by atoms with van der Waals surface area (Å²) < 4.78 is 47.1. The number of halogens is 1. The van der Waals surface area contributed by atoms with Crippen LogP contribution >= 0.6 is 0 Å². The molecule has 3 saturated heterocycles. The van der Waals surface area contributed by atoms with Crippen LogP contribution in [-0.4, -0.2) is 124 Å². The van der Waals surface area contributed by atoms with Gasteiger partial charge in [-0.15, -0.1) is 0 Å². The van der Waals surface area contributed by atoms with Crippen LogP contribution in [0.3, 0.4) is 0 Å². The van der Waals surface area contributed by atoms with E-state index in [4.69, 9.17) is 23.7 Å². The zero-order valence-corrected chi connectivity index (χ0v) is 32.4. The first-order chi connectivity index (χ1) is 24.8. The van der Waals surface area contributed by atoms with Crippen molar-refractivity contribution < 1.29 is 52.4 Å². The van der Waals surface area contributed by atoms with Crippen LogP contribution < -0.4 is 5.32 Å². The minimum absolute atomic E-state index is 0.0668. The fourth-order valence-corrected chi connectivity index (χ4v) is 7.96. The summed E-state index contributed by atoms with van der Waals surface area (Å²) in [6.45, 7) is 12.0. The molecule has 1 aromatic rings. The van der Waals surface area contributed by atoms with Crippen molar-refractivity contribution in [2.24, 2.45) is 17.8 Å². The molecular formula is C38H55FN4O10. The Balaban J connectivity index is 1.82. The van der Waals surface area contributed by atoms with E-state index in [0.717, 1.165) is 6.92 Å². The maximum atomic E-state index is 16.8. The van der Waals surface area contributed by atoms with Crippen LogP contribution in [0.2, 0.25) is 0 Å². The van der Waals surface area contributed by atoms with Gasteiger partial charge in [0.2, 0.25) is 0 Å². The third-order valence-electron chi connectivity index (χ3n) is 11.0. The molecule has 0 radical (unpaired) electrons. The van der Waals surface area contributed by atoms with Crippen molar-refractivity contribution in [2.45, 2.75) is 141 Å². The van der Waals surface area contributed by atoms with Crippen LogP contribution in [0.15, 0.2) is 18.6 Å². The molecule has 0 spiro atoms. The van der Waals surface area contributed by atoms with Crippen molar-refractivity contribution in [3.8, 4) is 11.8 Å². The second-order valence-corrected chi connectivity index (χ2v) is 15.4. The third-order valence-corrected chi connectivity index (χ3v) is 11.0. The number of likely N-dealkylation sites (N-methyl/N-ethyl adjacent to an activating group) is 1. The molecule has 0 saturated carbocycles. The molecule has 4 rings (SSSR count). The molecule has 14 nitrogen and oxygen atoms in total. The highest BCUT2D eigenvalue weighted by atomic mass is 19.1. The fourth-order valence-electron chi connectivity index (χ4n) is 7.96. The predicted molar refractivity (Wildman–Crippen MR) is 189 cm³/mol. The van der Waals surface area contributed by atoms with Crippen LogP contribution in [-0.2, 0) is 44.5 Å². The number of hydrogen-bond acceptors (Lipinski definition) is 13. The number of ether oxygens (including phenoxy) is 5. The number of Topliss-reactive ketones (excluding diaryl/α,β-unsaturated/α-hetero) is 2. The average Bonchev–Trinajstić information content (AvgIpc) is 3.42. The molecule has 1 aromatic heterocycles. The molecule has 3 fully saturated rings. The molecular weight excluding hydrogens is 691 g/mol. The molecule has 53 heavy (non-hydrogen) atoms. The second-order valence-electron chi connectivity index (χ2n) is 15.4. The van der Waals surface area contributed by atoms with Gasteiger partial charge in [-0.1, -0.05) is 39.5 Å². The molecule has 3 aliphatic heterocycles. The monoisotopic (exact) mass is 746 g/mol. The summed E-state index contributed by atoms with van der Waals surface area (Å²) in [5.41, 5.74) is -5.70. The lowest BCUT2D eigenvalue weighted by Crippen LogP contribution is -2.61. The number of esters is 1. The number of aliphatic hydroxyl groups is 1. The molecule has 0 bridgehead atoms. The molecule has 0 aromatic carbocycles. The summed E-state index contributed by atoms with van der Waals surface area (Å²) >= 11 is 0. The van der Waals surface area contributed by atoms with Crippen molar-refractivity contribution in [2.75, 3.05) is 20.7 Å². The number of cyclic esters (lactones) is 1. The number of rotatable bonds is 7. The number of nitrogens with zero attached hydrogens (tertiary/aromatic N) is 3. The SMILES string of the molecule is CC[C@H]1OC(=O)[C@@](C)(F)C(=O)[C@H](C)[C@@H](O[C@@H]2O[C@H](C)C[C@H](N(C)C)[C@H]2O)[C@](C)(OCC#CCc2cnccn2)C[C@@H](C)C(=O)[C@H](C)[C@H]2NC(=O)O[C@@]21C. The predicted octanol–water partition coefficient (Wildman–Crippen LogP) is 2.98. The molecule has 3 aliphatic rings. The summed E-state index contributed by atoms with van der Waals surface area (Å²) in [5, 5.41) is 14.2. The molecule has 0 aliphatic carbocycles. The molecule has 13 atom stereocenters. The highest BCUT2D eigenvalue weighted by Gasteiger charge is 2.59. The summed E-state index contributed by atoms with van der Waals surface area (Å²) in [6, 6.07) is -1.35. The summed E-state index contributed by atoms with van der Waals surface area (Å²) in [6.07, 6.45) is -0.813. The van der Waals surface area contributed by atoms with Crippen LogP contribution in [0.5, 0.6) is 0 Å². The number of amides is 1. The Hall–Kier alpha value is -3.55. The third kappa shape index (κ3) is 9.05. The topological polar surface area (TPSA) is 176 Å². The first-order valence-corrected chi connectivity index (χ1v) is 18.2. The zero-order chi connectivity index (χ0) is 39.5. The molecule has 1 amide bonds. The van der Waals surface area contributed by atoms with Gasteiger partial charge in [0.15, 0.2) is 17.7 Å². The van der Waals surface area contributed by atoms with Gasteiger partial charge < -0.3 is 39.0 Å². The van der Waals surface area contributed by atoms with E-state index < -0.39 is 83.1 Å². The standard InChI is InChI=1S/C38H55FN4O10/c1-11-27-38(8)30(42-35(48)53-38)23(4)28(44)21(2)19-36(6,49-17-13-12-14-25-20-40-15-16-41-25)32(24(5)31(46)37(7,39)34(47)51-27)52-33-29(45)26(43(9)10)18-22(3)50-33/h15-16,20-24,26-27,29-30,32-33,45H,11,14,17-19H2,1-10H3,(H,42,48)/t21-,22-,23+,24+,26+,27-,29-,30-,32-,33+,36-,37+,38-/m1/s1. The molecule has 294 valence electrons. The smallest absolute Gasteiger partial charge is 0.408 e. The van der Waals surface area contributed by atoms with Crippen molar-refractivity contribution in [3.63, 3.8) is 0 Å². The van der Waals surface area contributed by atoms with E-state index in [1.807, 2.05) is 25.9 Å². The zero-order valence-electron chi connectivity index (χ0n) is 32.4. The van der Waals surface area contributed by atoms with E-state index in [-0.39, 0.29) is 43.8 Å². The lowest BCUT2D eigenvalue weighted by atomic mass is 9.73. The van der Waals surface area contributed by atoms with Gasteiger partial charge in [0.05, 0.1) is 36.0 Å². The molecule has 15 heteroatoms. The van der Waals surface area contributed by atoms with Crippen LogP contribution in [0.1, 0.15) is 80.3 Å². The van der Waals surface area contributed by atoms with Crippen molar-refractivity contribution >= 4 is 23.6 Å². The fraction of sp³-hybridized carbons (Fsp3) is 0.737. The first-order valence-electron chi connectivity index (χ1n) is 18.2. The summed E-state index contributed by atoms with van der Waals surface area (Å²) in [4.78, 5) is 65.0. The van der Waals surface area contributed by atoms with Gasteiger partial charge in [-0.25, -0.2) is 14.0 Å². The van der Waals surface area contributed by atoms with E-state index in [2.05, 4.69) is 27.1 Å². The number of carbonyl (C=O) groups excluding carboxylic acids is 4. The number of carbonyl (C=O) groups is 4. The Morgan fingerprint density at radius 2 is 1.77 bits per heavy atom. The van der Waals surface area contributed by atoms with Gasteiger partial charge >= 0.3 is 12.1 Å². The number of hydrogen-bond donors (Lipinski definition) is 2. The summed E-state index contributed by atoms with van der Waals surface area (Å²) in [5.74, 6) is -0.0935. The molecule has 2 N–H and O–H groups in total. The highest BCUT2D eigenvalue weighted by molar-refractivity contribution is 6.08. The number of aromatic nitrogens is 2. The maximum absolute atomic E-state index is 16.8. The van der Waals surface area contributed by atoms with E-state index in [1.165, 1.54) is 13.8 Å². The number of ketones is 2. The van der Waals surface area contributed by atoms with Gasteiger partial charge in [0.1, 0.15) is 24.6 Å². The summed E-state index contributed by atoms with van der Waals surface area (Å²) in [7, 11) is 3.62. The van der Waals surface area contributed by atoms with E-state index >= 15 is 4.39 Å². The maximum Gasteiger partial charge on any atom is 0.408 e. The van der Waals surface area contributed by atoms with E-state index in [0.29, 0.717) is 12.1 Å². The van der Waals surface area contributed by atoms with E-state index in [9.17, 15) is 24.3 Å². The lowest BCUT2D eigenvalue weighted by molar-refractivity contribution is -0.296.